The zero-order valence-electron chi connectivity index (χ0n) is 10.8. The Balaban J connectivity index is 2.07. The Morgan fingerprint density at radius 2 is 2.14 bits per heavy atom. The molecule has 0 atom stereocenters. The van der Waals surface area contributed by atoms with Gasteiger partial charge in [0.05, 0.1) is 17.4 Å². The van der Waals surface area contributed by atoms with E-state index in [0.717, 1.165) is 22.9 Å². The number of benzene rings is 1. The van der Waals surface area contributed by atoms with Crippen molar-refractivity contribution < 1.29 is 22.0 Å². The Labute approximate surface area is 123 Å². The molecule has 0 saturated carbocycles. The molecule has 0 saturated heterocycles. The normalized spacial score (nSPS) is 11.1. The third-order valence-electron chi connectivity index (χ3n) is 2.52. The van der Waals surface area contributed by atoms with Gasteiger partial charge in [-0.2, -0.15) is 13.1 Å². The molecular weight excluding hydrogens is 319 g/mol. The SMILES string of the molecule is O=C(Cn1ccc([N+](=O)[O-])n1)Nc1cccc(S(=O)(=O)F)c1. The second kappa shape index (κ2) is 5.89. The van der Waals surface area contributed by atoms with Crippen LogP contribution in [0.5, 0.6) is 0 Å². The molecule has 1 amide bonds. The first-order valence-corrected chi connectivity index (χ1v) is 7.16. The number of halogens is 1. The summed E-state index contributed by atoms with van der Waals surface area (Å²) in [5.74, 6) is -1.01. The van der Waals surface area contributed by atoms with Gasteiger partial charge in [-0.25, -0.2) is 0 Å². The molecule has 0 fully saturated rings. The molecule has 1 heterocycles. The summed E-state index contributed by atoms with van der Waals surface area (Å²) in [7, 11) is -4.87. The molecule has 0 aliphatic carbocycles. The number of rotatable bonds is 5. The van der Waals surface area contributed by atoms with E-state index in [1.807, 2.05) is 0 Å². The highest BCUT2D eigenvalue weighted by molar-refractivity contribution is 7.86. The van der Waals surface area contributed by atoms with Gasteiger partial charge in [-0.3, -0.25) is 4.79 Å². The standard InChI is InChI=1S/C11H9FN4O5S/c12-22(20,21)9-3-1-2-8(6-9)13-11(17)7-15-5-4-10(14-15)16(18)19/h1-6H,7H2,(H,13,17). The van der Waals surface area contributed by atoms with Gasteiger partial charge in [0.1, 0.15) is 11.4 Å². The molecule has 116 valence electrons. The summed E-state index contributed by atoms with van der Waals surface area (Å²) in [6.07, 6.45) is 1.25. The number of carbonyl (C=O) groups is 1. The first-order chi connectivity index (χ1) is 10.3. The van der Waals surface area contributed by atoms with Crippen molar-refractivity contribution in [3.63, 3.8) is 0 Å². The summed E-state index contributed by atoms with van der Waals surface area (Å²) in [5, 5.41) is 16.3. The average molecular weight is 328 g/mol. The van der Waals surface area contributed by atoms with Gasteiger partial charge in [0.25, 0.3) is 0 Å². The van der Waals surface area contributed by atoms with Gasteiger partial charge in [-0.1, -0.05) is 6.07 Å². The Morgan fingerprint density at radius 3 is 2.73 bits per heavy atom. The second-order valence-electron chi connectivity index (χ2n) is 4.14. The van der Waals surface area contributed by atoms with E-state index < -0.39 is 31.8 Å². The number of nitrogens with zero attached hydrogens (tertiary/aromatic N) is 3. The van der Waals surface area contributed by atoms with Crippen molar-refractivity contribution in [2.45, 2.75) is 11.4 Å². The van der Waals surface area contributed by atoms with Gasteiger partial charge in [-0.05, 0) is 23.1 Å². The van der Waals surface area contributed by atoms with Crippen LogP contribution in [0.2, 0.25) is 0 Å². The van der Waals surface area contributed by atoms with Crippen LogP contribution in [0, 0.1) is 10.1 Å². The largest absolute Gasteiger partial charge is 0.389 e. The lowest BCUT2D eigenvalue weighted by Crippen LogP contribution is -2.19. The predicted octanol–water partition coefficient (Wildman–Crippen LogP) is 1.09. The molecule has 11 heteroatoms. The fourth-order valence-corrected chi connectivity index (χ4v) is 2.12. The van der Waals surface area contributed by atoms with Crippen LogP contribution in [0.4, 0.5) is 15.4 Å². The number of amides is 1. The number of anilines is 1. The molecule has 0 aliphatic heterocycles. The third-order valence-corrected chi connectivity index (χ3v) is 3.34. The van der Waals surface area contributed by atoms with Crippen LogP contribution in [0.1, 0.15) is 0 Å². The lowest BCUT2D eigenvalue weighted by Gasteiger charge is -2.04. The van der Waals surface area contributed by atoms with Gasteiger partial charge in [-0.15, -0.1) is 3.89 Å². The minimum absolute atomic E-state index is 0.0744. The number of aromatic nitrogens is 2. The molecular formula is C11H9FN4O5S. The van der Waals surface area contributed by atoms with E-state index in [1.165, 1.54) is 18.3 Å². The van der Waals surface area contributed by atoms with Crippen LogP contribution in [0.3, 0.4) is 0 Å². The average Bonchev–Trinajstić information content (AvgIpc) is 2.86. The first kappa shape index (κ1) is 15.6. The maximum Gasteiger partial charge on any atom is 0.389 e. The molecule has 0 spiro atoms. The number of nitro groups is 1. The number of hydrogen-bond donors (Lipinski definition) is 1. The van der Waals surface area contributed by atoms with Crippen molar-refractivity contribution in [3.8, 4) is 0 Å². The molecule has 9 nitrogen and oxygen atoms in total. The summed E-state index contributed by atoms with van der Waals surface area (Å²) in [4.78, 5) is 20.9. The molecule has 1 aromatic heterocycles. The molecule has 2 aromatic rings. The van der Waals surface area contributed by atoms with Crippen molar-refractivity contribution in [2.24, 2.45) is 0 Å². The van der Waals surface area contributed by atoms with E-state index in [2.05, 4.69) is 10.4 Å². The quantitative estimate of drug-likeness (QED) is 0.497. The third kappa shape index (κ3) is 3.85. The Kier molecular flexibility index (Phi) is 4.17. The highest BCUT2D eigenvalue weighted by atomic mass is 32.3. The minimum atomic E-state index is -4.87. The number of carbonyl (C=O) groups excluding carboxylic acids is 1. The van der Waals surface area contributed by atoms with Crippen molar-refractivity contribution >= 4 is 27.6 Å². The van der Waals surface area contributed by atoms with Crippen LogP contribution >= 0.6 is 0 Å². The van der Waals surface area contributed by atoms with E-state index in [0.29, 0.717) is 0 Å². The topological polar surface area (TPSA) is 124 Å². The lowest BCUT2D eigenvalue weighted by molar-refractivity contribution is -0.389. The highest BCUT2D eigenvalue weighted by Crippen LogP contribution is 2.17. The summed E-state index contributed by atoms with van der Waals surface area (Å²) in [5.41, 5.74) is 0.0744. The lowest BCUT2D eigenvalue weighted by atomic mass is 10.3. The van der Waals surface area contributed by atoms with Crippen molar-refractivity contribution in [3.05, 3.63) is 46.6 Å². The molecule has 1 N–H and O–H groups in total. The molecule has 2 rings (SSSR count). The zero-order chi connectivity index (χ0) is 16.3. The Morgan fingerprint density at radius 1 is 1.41 bits per heavy atom. The first-order valence-electron chi connectivity index (χ1n) is 5.78. The van der Waals surface area contributed by atoms with E-state index >= 15 is 0 Å². The number of nitrogens with one attached hydrogen (secondary N) is 1. The minimum Gasteiger partial charge on any atom is -0.358 e. The summed E-state index contributed by atoms with van der Waals surface area (Å²) < 4.78 is 35.4. The van der Waals surface area contributed by atoms with E-state index in [-0.39, 0.29) is 12.2 Å². The molecule has 0 aliphatic rings. The maximum absolute atomic E-state index is 12.8. The van der Waals surface area contributed by atoms with Gasteiger partial charge in [0.15, 0.2) is 0 Å². The fourth-order valence-electron chi connectivity index (χ4n) is 1.61. The van der Waals surface area contributed by atoms with E-state index in [4.69, 9.17) is 0 Å². The number of hydrogen-bond acceptors (Lipinski definition) is 6. The monoisotopic (exact) mass is 328 g/mol. The second-order valence-corrected chi connectivity index (χ2v) is 5.49. The zero-order valence-corrected chi connectivity index (χ0v) is 11.7. The molecule has 0 bridgehead atoms. The Bertz CT molecular complexity index is 833. The highest BCUT2D eigenvalue weighted by Gasteiger charge is 2.15. The van der Waals surface area contributed by atoms with Crippen LogP contribution in [-0.4, -0.2) is 29.0 Å². The summed E-state index contributed by atoms with van der Waals surface area (Å²) in [6, 6.07) is 5.77. The van der Waals surface area contributed by atoms with Crippen molar-refractivity contribution in [2.75, 3.05) is 5.32 Å². The summed E-state index contributed by atoms with van der Waals surface area (Å²) in [6.45, 7) is -0.319. The predicted molar refractivity (Wildman–Crippen MR) is 72.2 cm³/mol. The molecule has 1 aromatic carbocycles. The van der Waals surface area contributed by atoms with Crippen molar-refractivity contribution in [1.29, 1.82) is 0 Å². The van der Waals surface area contributed by atoms with Gasteiger partial charge >= 0.3 is 16.0 Å². The van der Waals surface area contributed by atoms with E-state index in [1.54, 1.807) is 0 Å². The van der Waals surface area contributed by atoms with Crippen LogP contribution in [0.15, 0.2) is 41.4 Å². The molecule has 22 heavy (non-hydrogen) atoms. The molecule has 0 radical (unpaired) electrons. The smallest absolute Gasteiger partial charge is 0.358 e. The van der Waals surface area contributed by atoms with Crippen LogP contribution < -0.4 is 5.32 Å². The maximum atomic E-state index is 12.8. The van der Waals surface area contributed by atoms with Crippen LogP contribution in [0.25, 0.3) is 0 Å². The Hall–Kier alpha value is -2.82. The summed E-state index contributed by atoms with van der Waals surface area (Å²) >= 11 is 0. The van der Waals surface area contributed by atoms with E-state index in [9.17, 15) is 27.2 Å². The van der Waals surface area contributed by atoms with Gasteiger partial charge < -0.3 is 15.4 Å². The molecule has 0 unspecified atom stereocenters. The van der Waals surface area contributed by atoms with Gasteiger partial charge in [0, 0.05) is 5.69 Å². The van der Waals surface area contributed by atoms with Crippen molar-refractivity contribution in [1.82, 2.24) is 9.78 Å². The van der Waals surface area contributed by atoms with Crippen LogP contribution in [-0.2, 0) is 21.6 Å². The fraction of sp³-hybridized carbons (Fsp3) is 0.0909. The van der Waals surface area contributed by atoms with Gasteiger partial charge in [0.2, 0.25) is 5.91 Å².